The Kier molecular flexibility index (Phi) is 5.36. The van der Waals surface area contributed by atoms with Crippen LogP contribution in [0.3, 0.4) is 0 Å². The molecule has 0 atom stereocenters. The van der Waals surface area contributed by atoms with Gasteiger partial charge < -0.3 is 4.90 Å². The quantitative estimate of drug-likeness (QED) is 0.491. The molecule has 0 aliphatic carbocycles. The minimum atomic E-state index is -5.84. The molecule has 9 heteroatoms. The van der Waals surface area contributed by atoms with E-state index in [2.05, 4.69) is 0 Å². The third-order valence-corrected chi connectivity index (χ3v) is 3.19. The molecule has 0 heterocycles. The summed E-state index contributed by atoms with van der Waals surface area (Å²) in [6, 6.07) is 10.9. The fourth-order valence-corrected chi connectivity index (χ4v) is 1.65. The van der Waals surface area contributed by atoms with Crippen molar-refractivity contribution in [3.63, 3.8) is 0 Å². The highest BCUT2D eigenvalue weighted by Crippen LogP contribution is 2.27. The average Bonchev–Trinajstić information content (AvgIpc) is 2.36. The lowest BCUT2D eigenvalue weighted by Gasteiger charge is -2.15. The smallest absolute Gasteiger partial charge is 0.377 e. The van der Waals surface area contributed by atoms with Crippen LogP contribution in [0.1, 0.15) is 0 Å². The number of hydrogen-bond donors (Lipinski definition) is 1. The van der Waals surface area contributed by atoms with Crippen molar-refractivity contribution in [2.45, 2.75) is 5.51 Å². The Morgan fingerprint density at radius 1 is 1.05 bits per heavy atom. The van der Waals surface area contributed by atoms with Crippen molar-refractivity contribution in [2.75, 3.05) is 19.0 Å². The number of anilines is 1. The van der Waals surface area contributed by atoms with Gasteiger partial charge in [0.05, 0.1) is 0 Å². The molecule has 0 aliphatic heterocycles. The molecule has 122 valence electrons. The van der Waals surface area contributed by atoms with Gasteiger partial charge in [-0.25, -0.2) is 4.39 Å². The zero-order valence-corrected chi connectivity index (χ0v) is 12.4. The maximum atomic E-state index is 13.6. The number of benzene rings is 2. The Balaban J connectivity index is 0.000000261. The van der Waals surface area contributed by atoms with Crippen molar-refractivity contribution in [3.05, 3.63) is 42.2 Å². The summed E-state index contributed by atoms with van der Waals surface area (Å²) in [5, 5.41) is 1.64. The van der Waals surface area contributed by atoms with Crippen molar-refractivity contribution >= 4 is 26.6 Å². The van der Waals surface area contributed by atoms with E-state index in [0.29, 0.717) is 5.39 Å². The van der Waals surface area contributed by atoms with Gasteiger partial charge in [-0.15, -0.1) is 0 Å². The zero-order chi connectivity index (χ0) is 17.1. The molecule has 2 rings (SSSR count). The van der Waals surface area contributed by atoms with Gasteiger partial charge in [-0.2, -0.15) is 21.6 Å². The van der Waals surface area contributed by atoms with Crippen LogP contribution >= 0.6 is 0 Å². The number of fused-ring (bicyclic) bond motifs is 1. The molecule has 0 saturated heterocycles. The largest absolute Gasteiger partial charge is 0.522 e. The molecule has 0 unspecified atom stereocenters. The van der Waals surface area contributed by atoms with E-state index >= 15 is 0 Å². The Bertz CT molecular complexity index is 752. The first-order valence-corrected chi connectivity index (χ1v) is 7.27. The van der Waals surface area contributed by atoms with E-state index in [1.807, 2.05) is 43.3 Å². The highest BCUT2D eigenvalue weighted by atomic mass is 32.2. The van der Waals surface area contributed by atoms with Gasteiger partial charge in [-0.05, 0) is 17.5 Å². The Morgan fingerprint density at radius 2 is 1.50 bits per heavy atom. The molecular weight excluding hydrogens is 326 g/mol. The van der Waals surface area contributed by atoms with Crippen LogP contribution in [-0.4, -0.2) is 32.6 Å². The van der Waals surface area contributed by atoms with E-state index < -0.39 is 15.6 Å². The molecule has 0 bridgehead atoms. The van der Waals surface area contributed by atoms with Crippen molar-refractivity contribution in [3.8, 4) is 0 Å². The molecule has 0 aliphatic rings. The predicted octanol–water partition coefficient (Wildman–Crippen LogP) is 3.44. The fourth-order valence-electron chi connectivity index (χ4n) is 1.65. The van der Waals surface area contributed by atoms with E-state index in [9.17, 15) is 17.6 Å². The van der Waals surface area contributed by atoms with Crippen LogP contribution in [0.15, 0.2) is 36.4 Å². The Labute approximate surface area is 124 Å². The number of rotatable bonds is 1. The molecule has 0 aromatic heterocycles. The van der Waals surface area contributed by atoms with Crippen LogP contribution < -0.4 is 4.90 Å². The van der Waals surface area contributed by atoms with Crippen LogP contribution in [0.2, 0.25) is 0 Å². The molecular formula is C13H13F4NO3S. The van der Waals surface area contributed by atoms with Gasteiger partial charge >= 0.3 is 15.6 Å². The second-order valence-electron chi connectivity index (χ2n) is 4.43. The minimum Gasteiger partial charge on any atom is -0.377 e. The standard InChI is InChI=1S/C12H12FN.CHF3O3S/c1-14(2)11-8-4-6-9-5-3-7-10(13)12(9)11;2-1(3,4)8(5,6)7/h3-8H,1-2H3;(H,5,6,7). The molecule has 22 heavy (non-hydrogen) atoms. The van der Waals surface area contributed by atoms with Gasteiger partial charge in [-0.1, -0.05) is 24.3 Å². The summed E-state index contributed by atoms with van der Waals surface area (Å²) < 4.78 is 71.1. The van der Waals surface area contributed by atoms with Crippen LogP contribution in [0.5, 0.6) is 0 Å². The second-order valence-corrected chi connectivity index (χ2v) is 5.84. The van der Waals surface area contributed by atoms with E-state index in [-0.39, 0.29) is 5.82 Å². The molecule has 1 N–H and O–H groups in total. The predicted molar refractivity (Wildman–Crippen MR) is 75.8 cm³/mol. The highest BCUT2D eigenvalue weighted by molar-refractivity contribution is 7.86. The maximum absolute atomic E-state index is 13.6. The summed E-state index contributed by atoms with van der Waals surface area (Å²) in [5.41, 5.74) is -4.62. The van der Waals surface area contributed by atoms with E-state index in [1.54, 1.807) is 6.07 Å². The first-order valence-electron chi connectivity index (χ1n) is 5.83. The summed E-state index contributed by atoms with van der Waals surface area (Å²) >= 11 is 0. The molecule has 0 radical (unpaired) electrons. The lowest BCUT2D eigenvalue weighted by Crippen LogP contribution is -2.21. The average molecular weight is 339 g/mol. The normalized spacial score (nSPS) is 11.8. The number of hydrogen-bond acceptors (Lipinski definition) is 3. The van der Waals surface area contributed by atoms with E-state index in [4.69, 9.17) is 13.0 Å². The van der Waals surface area contributed by atoms with Gasteiger partial charge in [-0.3, -0.25) is 4.55 Å². The second kappa shape index (κ2) is 6.49. The number of nitrogens with zero attached hydrogens (tertiary/aromatic N) is 1. The molecule has 0 saturated carbocycles. The van der Waals surface area contributed by atoms with Crippen LogP contribution in [0.4, 0.5) is 23.2 Å². The van der Waals surface area contributed by atoms with Crippen molar-refractivity contribution < 1.29 is 30.5 Å². The SMILES string of the molecule is CN(C)c1cccc2cccc(F)c12.O=S(=O)(O)C(F)(F)F. The van der Waals surface area contributed by atoms with Crippen LogP contribution in [0.25, 0.3) is 10.8 Å². The summed E-state index contributed by atoms with van der Waals surface area (Å²) in [6.45, 7) is 0. The summed E-state index contributed by atoms with van der Waals surface area (Å²) in [5.74, 6) is -0.160. The number of halogens is 4. The molecule has 2 aromatic carbocycles. The highest BCUT2D eigenvalue weighted by Gasteiger charge is 2.44. The fraction of sp³-hybridized carbons (Fsp3) is 0.231. The van der Waals surface area contributed by atoms with Crippen LogP contribution in [0, 0.1) is 5.82 Å². The van der Waals surface area contributed by atoms with E-state index in [1.165, 1.54) is 6.07 Å². The molecule has 0 amide bonds. The van der Waals surface area contributed by atoms with Crippen molar-refractivity contribution in [1.29, 1.82) is 0 Å². The van der Waals surface area contributed by atoms with Gasteiger partial charge in [0, 0.05) is 25.2 Å². The first kappa shape index (κ1) is 18.2. The molecule has 0 spiro atoms. The Hall–Kier alpha value is -1.87. The lowest BCUT2D eigenvalue weighted by atomic mass is 10.1. The van der Waals surface area contributed by atoms with Gasteiger partial charge in [0.25, 0.3) is 0 Å². The molecule has 0 fully saturated rings. The van der Waals surface area contributed by atoms with Crippen molar-refractivity contribution in [1.82, 2.24) is 0 Å². The lowest BCUT2D eigenvalue weighted by molar-refractivity contribution is -0.0510. The Morgan fingerprint density at radius 3 is 1.91 bits per heavy atom. The third kappa shape index (κ3) is 4.31. The van der Waals surface area contributed by atoms with Gasteiger partial charge in [0.2, 0.25) is 0 Å². The van der Waals surface area contributed by atoms with Crippen molar-refractivity contribution in [2.24, 2.45) is 0 Å². The molecule has 2 aromatic rings. The third-order valence-electron chi connectivity index (χ3n) is 2.61. The summed E-state index contributed by atoms with van der Waals surface area (Å²) in [7, 11) is -2.00. The van der Waals surface area contributed by atoms with Crippen LogP contribution in [-0.2, 0) is 10.1 Å². The monoisotopic (exact) mass is 339 g/mol. The first-order chi connectivity index (χ1) is 9.95. The van der Waals surface area contributed by atoms with E-state index in [0.717, 1.165) is 11.1 Å². The topological polar surface area (TPSA) is 57.6 Å². The van der Waals surface area contributed by atoms with Gasteiger partial charge in [0.15, 0.2) is 0 Å². The van der Waals surface area contributed by atoms with Gasteiger partial charge in [0.1, 0.15) is 5.82 Å². The number of alkyl halides is 3. The summed E-state index contributed by atoms with van der Waals surface area (Å²) in [6.07, 6.45) is 0. The minimum absolute atomic E-state index is 0.160. The maximum Gasteiger partial charge on any atom is 0.522 e. The zero-order valence-electron chi connectivity index (χ0n) is 11.6. The molecule has 4 nitrogen and oxygen atoms in total. The summed E-state index contributed by atoms with van der Waals surface area (Å²) in [4.78, 5) is 1.92.